The third-order valence-corrected chi connectivity index (χ3v) is 4.81. The molecule has 3 N–H and O–H groups in total. The van der Waals surface area contributed by atoms with E-state index in [2.05, 4.69) is 23.6 Å². The Morgan fingerprint density at radius 1 is 1.39 bits per heavy atom. The van der Waals surface area contributed by atoms with Gasteiger partial charge in [0.1, 0.15) is 4.90 Å². The third-order valence-electron chi connectivity index (χ3n) is 3.20. The summed E-state index contributed by atoms with van der Waals surface area (Å²) in [6.45, 7) is 5.98. The van der Waals surface area contributed by atoms with E-state index in [0.29, 0.717) is 5.92 Å². The van der Waals surface area contributed by atoms with Crippen molar-refractivity contribution in [3.8, 4) is 0 Å². The van der Waals surface area contributed by atoms with Crippen LogP contribution in [0.25, 0.3) is 0 Å². The SMILES string of the molecule is CCC(CC)C(C)NS(=O)(=O)c1cnccc1N. The summed E-state index contributed by atoms with van der Waals surface area (Å²) in [7, 11) is -3.59. The average molecular weight is 271 g/mol. The lowest BCUT2D eigenvalue weighted by Gasteiger charge is -2.22. The zero-order valence-electron chi connectivity index (χ0n) is 11.1. The first-order chi connectivity index (χ1) is 8.42. The molecular weight excluding hydrogens is 250 g/mol. The summed E-state index contributed by atoms with van der Waals surface area (Å²) in [5.74, 6) is 0.317. The van der Waals surface area contributed by atoms with Gasteiger partial charge in [-0.05, 0) is 18.9 Å². The second-order valence-corrected chi connectivity index (χ2v) is 6.08. The van der Waals surface area contributed by atoms with Gasteiger partial charge in [0.15, 0.2) is 0 Å². The van der Waals surface area contributed by atoms with E-state index < -0.39 is 10.0 Å². The summed E-state index contributed by atoms with van der Waals surface area (Å²) in [6.07, 6.45) is 4.61. The molecule has 1 atom stereocenters. The van der Waals surface area contributed by atoms with Crippen molar-refractivity contribution in [2.75, 3.05) is 5.73 Å². The fourth-order valence-corrected chi connectivity index (χ4v) is 3.40. The summed E-state index contributed by atoms with van der Waals surface area (Å²) in [4.78, 5) is 3.85. The number of nitrogens with one attached hydrogen (secondary N) is 1. The highest BCUT2D eigenvalue weighted by molar-refractivity contribution is 7.89. The lowest BCUT2D eigenvalue weighted by Crippen LogP contribution is -2.38. The molecule has 0 aliphatic carbocycles. The highest BCUT2D eigenvalue weighted by Crippen LogP contribution is 2.19. The molecule has 1 unspecified atom stereocenters. The van der Waals surface area contributed by atoms with Crippen molar-refractivity contribution in [1.29, 1.82) is 0 Å². The molecule has 1 heterocycles. The molecule has 0 bridgehead atoms. The molecular formula is C12H21N3O2S. The van der Waals surface area contributed by atoms with Crippen LogP contribution >= 0.6 is 0 Å². The van der Waals surface area contributed by atoms with Gasteiger partial charge in [0.2, 0.25) is 10.0 Å². The summed E-state index contributed by atoms with van der Waals surface area (Å²) in [5, 5.41) is 0. The quantitative estimate of drug-likeness (QED) is 0.825. The van der Waals surface area contributed by atoms with Crippen molar-refractivity contribution in [3.63, 3.8) is 0 Å². The van der Waals surface area contributed by atoms with Crippen molar-refractivity contribution < 1.29 is 8.42 Å². The summed E-state index contributed by atoms with van der Waals surface area (Å²) < 4.78 is 27.0. The number of nitrogens with two attached hydrogens (primary N) is 1. The normalized spacial score (nSPS) is 13.8. The number of aromatic nitrogens is 1. The van der Waals surface area contributed by atoms with Crippen LogP contribution < -0.4 is 10.5 Å². The molecule has 0 radical (unpaired) electrons. The number of hydrogen-bond donors (Lipinski definition) is 2. The lowest BCUT2D eigenvalue weighted by molar-refractivity contribution is 0.391. The van der Waals surface area contributed by atoms with Crippen LogP contribution in [0.3, 0.4) is 0 Å². The van der Waals surface area contributed by atoms with Crippen LogP contribution in [0.1, 0.15) is 33.6 Å². The minimum absolute atomic E-state index is 0.0443. The van der Waals surface area contributed by atoms with Crippen molar-refractivity contribution in [2.45, 2.75) is 44.6 Å². The van der Waals surface area contributed by atoms with Crippen LogP contribution in [-0.4, -0.2) is 19.4 Å². The zero-order chi connectivity index (χ0) is 13.8. The molecule has 6 heteroatoms. The van der Waals surface area contributed by atoms with Gasteiger partial charge in [0.25, 0.3) is 0 Å². The van der Waals surface area contributed by atoms with Crippen molar-refractivity contribution in [1.82, 2.24) is 9.71 Å². The second kappa shape index (κ2) is 6.15. The Bertz CT molecular complexity index is 484. The summed E-state index contributed by atoms with van der Waals surface area (Å²) >= 11 is 0. The predicted molar refractivity (Wildman–Crippen MR) is 72.5 cm³/mol. The smallest absolute Gasteiger partial charge is 0.244 e. The fourth-order valence-electron chi connectivity index (χ4n) is 2.02. The Balaban J connectivity index is 2.93. The Kier molecular flexibility index (Phi) is 5.10. The first kappa shape index (κ1) is 14.9. The number of anilines is 1. The molecule has 1 aromatic heterocycles. The number of rotatable bonds is 6. The Hall–Kier alpha value is -1.14. The number of sulfonamides is 1. The Morgan fingerprint density at radius 2 is 2.00 bits per heavy atom. The molecule has 1 rings (SSSR count). The van der Waals surface area contributed by atoms with Crippen LogP contribution in [-0.2, 0) is 10.0 Å². The molecule has 0 spiro atoms. The highest BCUT2D eigenvalue weighted by atomic mass is 32.2. The average Bonchev–Trinajstić information content (AvgIpc) is 2.30. The van der Waals surface area contributed by atoms with Gasteiger partial charge in [0.05, 0.1) is 5.69 Å². The fraction of sp³-hybridized carbons (Fsp3) is 0.583. The van der Waals surface area contributed by atoms with Crippen LogP contribution in [0.5, 0.6) is 0 Å². The van der Waals surface area contributed by atoms with Gasteiger partial charge < -0.3 is 5.73 Å². The van der Waals surface area contributed by atoms with E-state index in [0.717, 1.165) is 12.8 Å². The van der Waals surface area contributed by atoms with Crippen molar-refractivity contribution in [2.24, 2.45) is 5.92 Å². The largest absolute Gasteiger partial charge is 0.398 e. The van der Waals surface area contributed by atoms with Gasteiger partial charge in [-0.1, -0.05) is 26.7 Å². The molecule has 102 valence electrons. The minimum Gasteiger partial charge on any atom is -0.398 e. The Morgan fingerprint density at radius 3 is 2.50 bits per heavy atom. The first-order valence-electron chi connectivity index (χ1n) is 6.14. The van der Waals surface area contributed by atoms with E-state index in [9.17, 15) is 8.42 Å². The van der Waals surface area contributed by atoms with Crippen LogP contribution in [0, 0.1) is 5.92 Å². The van der Waals surface area contributed by atoms with Crippen molar-refractivity contribution >= 4 is 15.7 Å². The number of hydrogen-bond acceptors (Lipinski definition) is 4. The van der Waals surface area contributed by atoms with E-state index in [1.165, 1.54) is 18.5 Å². The van der Waals surface area contributed by atoms with Crippen LogP contribution in [0.2, 0.25) is 0 Å². The zero-order valence-corrected chi connectivity index (χ0v) is 11.9. The summed E-state index contributed by atoms with van der Waals surface area (Å²) in [6, 6.07) is 1.36. The molecule has 0 aromatic carbocycles. The Labute approximate surface area is 109 Å². The number of nitrogen functional groups attached to an aromatic ring is 1. The van der Waals surface area contributed by atoms with Crippen molar-refractivity contribution in [3.05, 3.63) is 18.5 Å². The molecule has 0 saturated carbocycles. The lowest BCUT2D eigenvalue weighted by atomic mass is 9.96. The minimum atomic E-state index is -3.59. The maximum Gasteiger partial charge on any atom is 0.244 e. The van der Waals surface area contributed by atoms with Crippen LogP contribution in [0.15, 0.2) is 23.4 Å². The maximum atomic E-state index is 12.2. The number of pyridine rings is 1. The first-order valence-corrected chi connectivity index (χ1v) is 7.62. The number of nitrogens with zero attached hydrogens (tertiary/aromatic N) is 1. The summed E-state index contributed by atoms with van der Waals surface area (Å²) in [5.41, 5.74) is 5.88. The molecule has 0 fully saturated rings. The van der Waals surface area contributed by atoms with Crippen LogP contribution in [0.4, 0.5) is 5.69 Å². The van der Waals surface area contributed by atoms with Gasteiger partial charge >= 0.3 is 0 Å². The van der Waals surface area contributed by atoms with Gasteiger partial charge in [-0.2, -0.15) is 0 Å². The van der Waals surface area contributed by atoms with Gasteiger partial charge in [-0.3, -0.25) is 4.98 Å². The molecule has 0 saturated heterocycles. The molecule has 1 aromatic rings. The van der Waals surface area contributed by atoms with E-state index in [-0.39, 0.29) is 16.6 Å². The topological polar surface area (TPSA) is 85.1 Å². The second-order valence-electron chi connectivity index (χ2n) is 4.40. The van der Waals surface area contributed by atoms with Gasteiger partial charge in [0, 0.05) is 18.4 Å². The van der Waals surface area contributed by atoms with Gasteiger partial charge in [-0.15, -0.1) is 0 Å². The third kappa shape index (κ3) is 3.43. The monoisotopic (exact) mass is 271 g/mol. The molecule has 0 aliphatic rings. The van der Waals surface area contributed by atoms with E-state index in [1.807, 2.05) is 6.92 Å². The highest BCUT2D eigenvalue weighted by Gasteiger charge is 2.23. The molecule has 5 nitrogen and oxygen atoms in total. The van der Waals surface area contributed by atoms with Gasteiger partial charge in [-0.25, -0.2) is 13.1 Å². The molecule has 0 aliphatic heterocycles. The maximum absolute atomic E-state index is 12.2. The standard InChI is InChI=1S/C12H21N3O2S/c1-4-10(5-2)9(3)15-18(16,17)12-8-14-7-6-11(12)13/h6-10,15H,4-5H2,1-3H3,(H2,13,14). The van der Waals surface area contributed by atoms with E-state index in [1.54, 1.807) is 0 Å². The van der Waals surface area contributed by atoms with E-state index in [4.69, 9.17) is 5.73 Å². The predicted octanol–water partition coefficient (Wildman–Crippen LogP) is 1.77. The molecule has 18 heavy (non-hydrogen) atoms. The van der Waals surface area contributed by atoms with E-state index >= 15 is 0 Å². The molecule has 0 amide bonds.